The molecule has 0 unspecified atom stereocenters. The summed E-state index contributed by atoms with van der Waals surface area (Å²) in [4.78, 5) is 16.0. The molecule has 21 heavy (non-hydrogen) atoms. The number of anilines is 1. The van der Waals surface area contributed by atoms with Gasteiger partial charge in [0.15, 0.2) is 10.8 Å². The van der Waals surface area contributed by atoms with Gasteiger partial charge in [0.25, 0.3) is 0 Å². The number of benzene rings is 1. The van der Waals surface area contributed by atoms with Gasteiger partial charge in [-0.3, -0.25) is 0 Å². The summed E-state index contributed by atoms with van der Waals surface area (Å²) in [7, 11) is 0. The molecule has 0 aliphatic heterocycles. The molecular weight excluding hydrogens is 331 g/mol. The number of aromatic nitrogens is 1. The highest BCUT2D eigenvalue weighted by molar-refractivity contribution is 7.13. The zero-order valence-corrected chi connectivity index (χ0v) is 13.3. The summed E-state index contributed by atoms with van der Waals surface area (Å²) in [6.45, 7) is 4.25. The van der Waals surface area contributed by atoms with E-state index in [4.69, 9.17) is 27.9 Å². The van der Waals surface area contributed by atoms with Crippen LogP contribution in [0.3, 0.4) is 0 Å². The fraction of sp³-hybridized carbons (Fsp3) is 0.143. The highest BCUT2D eigenvalue weighted by atomic mass is 35.5. The highest BCUT2D eigenvalue weighted by Gasteiger charge is 2.13. The van der Waals surface area contributed by atoms with Crippen LogP contribution in [0, 0.1) is 0 Å². The minimum atomic E-state index is -0.496. The van der Waals surface area contributed by atoms with Crippen molar-refractivity contribution in [1.29, 1.82) is 0 Å². The Morgan fingerprint density at radius 1 is 1.48 bits per heavy atom. The number of carbonyl (C=O) groups excluding carboxylic acids is 1. The number of ether oxygens (including phenoxy) is 1. The molecule has 0 amide bonds. The predicted octanol–water partition coefficient (Wildman–Crippen LogP) is 4.40. The van der Waals surface area contributed by atoms with Crippen molar-refractivity contribution in [2.24, 2.45) is 0 Å². The lowest BCUT2D eigenvalue weighted by molar-refractivity contribution is 0.0467. The minimum Gasteiger partial charge on any atom is -0.456 e. The Morgan fingerprint density at radius 2 is 2.29 bits per heavy atom. The van der Waals surface area contributed by atoms with Crippen LogP contribution in [0.4, 0.5) is 5.13 Å². The van der Waals surface area contributed by atoms with Crippen molar-refractivity contribution in [1.82, 2.24) is 4.98 Å². The van der Waals surface area contributed by atoms with Crippen molar-refractivity contribution in [2.45, 2.75) is 6.61 Å². The molecule has 1 aromatic carbocycles. The van der Waals surface area contributed by atoms with E-state index in [0.717, 1.165) is 0 Å². The molecule has 2 aromatic rings. The molecule has 4 nitrogen and oxygen atoms in total. The number of hydrogen-bond acceptors (Lipinski definition) is 5. The molecule has 0 aliphatic carbocycles. The fourth-order valence-corrected chi connectivity index (χ4v) is 2.62. The van der Waals surface area contributed by atoms with Crippen LogP contribution in [0.5, 0.6) is 0 Å². The van der Waals surface area contributed by atoms with Crippen LogP contribution >= 0.6 is 34.5 Å². The monoisotopic (exact) mass is 342 g/mol. The third-order valence-electron chi connectivity index (χ3n) is 2.48. The van der Waals surface area contributed by atoms with Crippen LogP contribution in [0.2, 0.25) is 10.0 Å². The Labute approximate surface area is 136 Å². The second kappa shape index (κ2) is 7.45. The van der Waals surface area contributed by atoms with Crippen LogP contribution in [-0.4, -0.2) is 17.5 Å². The van der Waals surface area contributed by atoms with E-state index in [1.807, 2.05) is 0 Å². The highest BCUT2D eigenvalue weighted by Crippen LogP contribution is 2.22. The van der Waals surface area contributed by atoms with E-state index in [-0.39, 0.29) is 12.3 Å². The third kappa shape index (κ3) is 4.46. The zero-order valence-electron chi connectivity index (χ0n) is 10.9. The zero-order chi connectivity index (χ0) is 15.2. The molecule has 110 valence electrons. The van der Waals surface area contributed by atoms with Gasteiger partial charge in [0.1, 0.15) is 6.61 Å². The summed E-state index contributed by atoms with van der Waals surface area (Å²) < 4.78 is 5.18. The summed E-state index contributed by atoms with van der Waals surface area (Å²) in [5.74, 6) is -0.496. The average molecular weight is 343 g/mol. The van der Waals surface area contributed by atoms with Gasteiger partial charge >= 0.3 is 5.97 Å². The first kappa shape index (κ1) is 15.8. The van der Waals surface area contributed by atoms with E-state index < -0.39 is 5.97 Å². The van der Waals surface area contributed by atoms with E-state index in [9.17, 15) is 4.79 Å². The summed E-state index contributed by atoms with van der Waals surface area (Å²) in [6, 6.07) is 5.01. The van der Waals surface area contributed by atoms with E-state index in [1.54, 1.807) is 29.7 Å². The molecular formula is C14H12Cl2N2O2S. The molecule has 0 saturated heterocycles. The number of thiazole rings is 1. The van der Waals surface area contributed by atoms with Gasteiger partial charge in [0.2, 0.25) is 0 Å². The molecule has 0 radical (unpaired) electrons. The minimum absolute atomic E-state index is 0.0712. The molecule has 0 bridgehead atoms. The van der Waals surface area contributed by atoms with E-state index in [1.165, 1.54) is 11.3 Å². The molecule has 2 rings (SSSR count). The van der Waals surface area contributed by atoms with E-state index in [2.05, 4.69) is 16.9 Å². The fourth-order valence-electron chi connectivity index (χ4n) is 1.46. The summed E-state index contributed by atoms with van der Waals surface area (Å²) in [5.41, 5.74) is 0.950. The largest absolute Gasteiger partial charge is 0.456 e. The van der Waals surface area contributed by atoms with E-state index in [0.29, 0.717) is 27.3 Å². The second-order valence-corrected chi connectivity index (χ2v) is 5.72. The van der Waals surface area contributed by atoms with Gasteiger partial charge in [-0.15, -0.1) is 17.9 Å². The molecule has 0 fully saturated rings. The first-order valence-electron chi connectivity index (χ1n) is 6.01. The van der Waals surface area contributed by atoms with Crippen LogP contribution in [0.1, 0.15) is 16.1 Å². The van der Waals surface area contributed by atoms with Gasteiger partial charge in [-0.1, -0.05) is 35.3 Å². The number of halogens is 2. The maximum atomic E-state index is 11.9. The normalized spacial score (nSPS) is 10.2. The van der Waals surface area contributed by atoms with Gasteiger partial charge in [-0.05, 0) is 12.1 Å². The predicted molar refractivity (Wildman–Crippen MR) is 86.4 cm³/mol. The van der Waals surface area contributed by atoms with Gasteiger partial charge in [0.05, 0.1) is 0 Å². The van der Waals surface area contributed by atoms with Gasteiger partial charge in [0, 0.05) is 27.5 Å². The molecule has 0 aliphatic rings. The quantitative estimate of drug-likeness (QED) is 0.624. The maximum Gasteiger partial charge on any atom is 0.358 e. The smallest absolute Gasteiger partial charge is 0.358 e. The van der Waals surface area contributed by atoms with Gasteiger partial charge in [-0.2, -0.15) is 0 Å². The number of nitrogens with one attached hydrogen (secondary N) is 1. The standard InChI is InChI=1S/C14H12Cl2N2O2S/c1-2-5-17-14-18-12(8-21-14)13(19)20-7-9-3-4-10(15)6-11(9)16/h2-4,6,8H,1,5,7H2,(H,17,18). The number of rotatable bonds is 6. The Morgan fingerprint density at radius 3 is 3.00 bits per heavy atom. The van der Waals surface area contributed by atoms with Crippen molar-refractivity contribution in [3.63, 3.8) is 0 Å². The lowest BCUT2D eigenvalue weighted by Crippen LogP contribution is -2.06. The topological polar surface area (TPSA) is 51.2 Å². The van der Waals surface area contributed by atoms with Crippen molar-refractivity contribution in [2.75, 3.05) is 11.9 Å². The molecule has 7 heteroatoms. The van der Waals surface area contributed by atoms with Crippen molar-refractivity contribution in [3.05, 3.63) is 57.5 Å². The lowest BCUT2D eigenvalue weighted by Gasteiger charge is -2.05. The first-order valence-corrected chi connectivity index (χ1v) is 7.65. The van der Waals surface area contributed by atoms with Gasteiger partial charge < -0.3 is 10.1 Å². The Balaban J connectivity index is 1.95. The third-order valence-corrected chi connectivity index (χ3v) is 3.87. The van der Waals surface area contributed by atoms with Crippen LogP contribution in [0.15, 0.2) is 36.2 Å². The second-order valence-electron chi connectivity index (χ2n) is 4.02. The molecule has 0 spiro atoms. The van der Waals surface area contributed by atoms with Crippen LogP contribution < -0.4 is 5.32 Å². The molecule has 1 heterocycles. The van der Waals surface area contributed by atoms with Crippen molar-refractivity contribution in [3.8, 4) is 0 Å². The summed E-state index contributed by atoms with van der Waals surface area (Å²) in [5, 5.41) is 6.28. The number of esters is 1. The maximum absolute atomic E-state index is 11.9. The Kier molecular flexibility index (Phi) is 5.61. The molecule has 1 N–H and O–H groups in total. The number of carbonyl (C=O) groups is 1. The van der Waals surface area contributed by atoms with E-state index >= 15 is 0 Å². The van der Waals surface area contributed by atoms with Crippen molar-refractivity contribution < 1.29 is 9.53 Å². The van der Waals surface area contributed by atoms with Crippen LogP contribution in [-0.2, 0) is 11.3 Å². The molecule has 1 aromatic heterocycles. The Hall–Kier alpha value is -1.56. The van der Waals surface area contributed by atoms with Crippen LogP contribution in [0.25, 0.3) is 0 Å². The molecule has 0 atom stereocenters. The first-order chi connectivity index (χ1) is 10.1. The number of hydrogen-bond donors (Lipinski definition) is 1. The summed E-state index contributed by atoms with van der Waals surface area (Å²) >= 11 is 13.1. The van der Waals surface area contributed by atoms with Crippen molar-refractivity contribution >= 4 is 45.6 Å². The SMILES string of the molecule is C=CCNc1nc(C(=O)OCc2ccc(Cl)cc2Cl)cs1. The van der Waals surface area contributed by atoms with Gasteiger partial charge in [-0.25, -0.2) is 9.78 Å². The average Bonchev–Trinajstić information content (AvgIpc) is 2.93. The Bertz CT molecular complexity index is 658. The summed E-state index contributed by atoms with van der Waals surface area (Å²) in [6.07, 6.45) is 1.71. The molecule has 0 saturated carbocycles. The lowest BCUT2D eigenvalue weighted by atomic mass is 10.2. The number of nitrogens with zero attached hydrogens (tertiary/aromatic N) is 1.